The van der Waals surface area contributed by atoms with Gasteiger partial charge in [-0.05, 0) is 44.7 Å². The number of hydrogen-bond donors (Lipinski definition) is 2. The average molecular weight is 585 g/mol. The standard InChI is InChI=1S/C15H19NO4.C6H14N2.Pt/c1-9-11-6-4-5-7-12(11)10(2)16(9)8-15(3,13(17)18)14(19)20;7-5-3-1-2-4-6(5)8;/h4-7,9-10H,8H2,1-3H3,(H,17,18)(H,19,20);5-6H,1-4,7-8H2;/q;;+2/p-2. The van der Waals surface area contributed by atoms with E-state index >= 15 is 0 Å². The number of rotatable bonds is 4. The van der Waals surface area contributed by atoms with Gasteiger partial charge in [0.2, 0.25) is 0 Å². The van der Waals surface area contributed by atoms with Crippen LogP contribution in [0.1, 0.15) is 69.7 Å². The molecular weight excluding hydrogens is 553 g/mol. The van der Waals surface area contributed by atoms with E-state index in [2.05, 4.69) is 0 Å². The maximum atomic E-state index is 11.2. The van der Waals surface area contributed by atoms with Crippen LogP contribution in [0.3, 0.4) is 0 Å². The molecule has 4 atom stereocenters. The zero-order chi connectivity index (χ0) is 21.1. The summed E-state index contributed by atoms with van der Waals surface area (Å²) in [7, 11) is 0. The first kappa shape index (κ1) is 25.8. The molecule has 4 unspecified atom stereocenters. The molecule has 29 heavy (non-hydrogen) atoms. The Labute approximate surface area is 187 Å². The van der Waals surface area contributed by atoms with E-state index in [9.17, 15) is 19.8 Å². The number of aliphatic carboxylic acids is 2. The molecule has 0 spiro atoms. The fourth-order valence-electron chi connectivity index (χ4n) is 4.00. The van der Waals surface area contributed by atoms with Crippen LogP contribution in [-0.4, -0.2) is 35.5 Å². The molecule has 0 bridgehead atoms. The summed E-state index contributed by atoms with van der Waals surface area (Å²) in [5.41, 5.74) is 11.5. The first-order valence-electron chi connectivity index (χ1n) is 9.88. The summed E-state index contributed by atoms with van der Waals surface area (Å²) in [5.74, 6) is -3.24. The van der Waals surface area contributed by atoms with Gasteiger partial charge in [-0.2, -0.15) is 0 Å². The Balaban J connectivity index is 0.000000394. The van der Waals surface area contributed by atoms with Gasteiger partial charge in [-0.15, -0.1) is 0 Å². The van der Waals surface area contributed by atoms with E-state index < -0.39 is 17.4 Å². The largest absolute Gasteiger partial charge is 2.00 e. The number of nitrogens with two attached hydrogens (primary N) is 2. The van der Waals surface area contributed by atoms with Gasteiger partial charge >= 0.3 is 21.1 Å². The summed E-state index contributed by atoms with van der Waals surface area (Å²) in [6.45, 7) is 4.87. The molecule has 1 fully saturated rings. The Morgan fingerprint density at radius 2 is 1.38 bits per heavy atom. The molecule has 2 aliphatic rings. The fourth-order valence-corrected chi connectivity index (χ4v) is 4.00. The molecule has 7 nitrogen and oxygen atoms in total. The Bertz CT molecular complexity index is 662. The molecule has 1 saturated carbocycles. The van der Waals surface area contributed by atoms with Gasteiger partial charge in [-0.25, -0.2) is 0 Å². The molecular formula is C21H31N3O4Pt. The molecule has 8 heteroatoms. The van der Waals surface area contributed by atoms with Gasteiger partial charge in [0.1, 0.15) is 0 Å². The van der Waals surface area contributed by atoms with Crippen LogP contribution < -0.4 is 21.7 Å². The first-order valence-corrected chi connectivity index (χ1v) is 9.88. The van der Waals surface area contributed by atoms with Gasteiger partial charge in [0.05, 0.1) is 17.4 Å². The SMILES string of the molecule is CC1c2ccccc2C(C)N1CC(C)(C(=O)[O-])C(=O)[O-].NC1CCCCC1N.[Pt+2]. The van der Waals surface area contributed by atoms with Crippen LogP contribution in [0.4, 0.5) is 0 Å². The molecule has 164 valence electrons. The van der Waals surface area contributed by atoms with E-state index in [1.54, 1.807) is 0 Å². The number of carboxylic acids is 2. The van der Waals surface area contributed by atoms with E-state index in [1.807, 2.05) is 43.0 Å². The summed E-state index contributed by atoms with van der Waals surface area (Å²) < 4.78 is 0. The predicted octanol–water partition coefficient (Wildman–Crippen LogP) is -0.157. The molecule has 1 heterocycles. The van der Waals surface area contributed by atoms with Crippen molar-refractivity contribution in [1.29, 1.82) is 0 Å². The van der Waals surface area contributed by atoms with Gasteiger partial charge in [-0.3, -0.25) is 4.90 Å². The van der Waals surface area contributed by atoms with Gasteiger partial charge in [0, 0.05) is 30.7 Å². The topological polar surface area (TPSA) is 136 Å². The summed E-state index contributed by atoms with van der Waals surface area (Å²) in [5, 5.41) is 22.4. The van der Waals surface area contributed by atoms with Gasteiger partial charge in [-0.1, -0.05) is 37.1 Å². The Hall–Kier alpha value is -1.27. The molecule has 1 aliphatic heterocycles. The molecule has 0 amide bonds. The van der Waals surface area contributed by atoms with Crippen molar-refractivity contribution in [3.05, 3.63) is 35.4 Å². The minimum absolute atomic E-state index is 0. The minimum atomic E-state index is -2.02. The molecule has 0 radical (unpaired) electrons. The average Bonchev–Trinajstić information content (AvgIpc) is 2.89. The van der Waals surface area contributed by atoms with Crippen molar-refractivity contribution in [2.45, 2.75) is 70.6 Å². The zero-order valence-corrected chi connectivity index (χ0v) is 19.5. The third-order valence-corrected chi connectivity index (χ3v) is 6.17. The number of nitrogens with zero attached hydrogens (tertiary/aromatic N) is 1. The quantitative estimate of drug-likeness (QED) is 0.470. The van der Waals surface area contributed by atoms with Crippen LogP contribution >= 0.6 is 0 Å². The Kier molecular flexibility index (Phi) is 9.48. The normalized spacial score (nSPS) is 26.5. The molecule has 0 saturated heterocycles. The van der Waals surface area contributed by atoms with Crippen molar-refractivity contribution in [3.8, 4) is 0 Å². The summed E-state index contributed by atoms with van der Waals surface area (Å²) in [4.78, 5) is 24.2. The number of carbonyl (C=O) groups excluding carboxylic acids is 2. The van der Waals surface area contributed by atoms with Crippen molar-refractivity contribution in [2.75, 3.05) is 6.54 Å². The number of carbonyl (C=O) groups is 2. The fraction of sp³-hybridized carbons (Fsp3) is 0.619. The Morgan fingerprint density at radius 3 is 1.69 bits per heavy atom. The van der Waals surface area contributed by atoms with Crippen LogP contribution in [0.2, 0.25) is 0 Å². The van der Waals surface area contributed by atoms with E-state index in [0.717, 1.165) is 30.9 Å². The third-order valence-electron chi connectivity index (χ3n) is 6.17. The van der Waals surface area contributed by atoms with Crippen LogP contribution in [0.5, 0.6) is 0 Å². The number of hydrogen-bond acceptors (Lipinski definition) is 7. The molecule has 1 aromatic rings. The van der Waals surface area contributed by atoms with Crippen LogP contribution in [0.15, 0.2) is 24.3 Å². The minimum Gasteiger partial charge on any atom is -0.549 e. The monoisotopic (exact) mass is 584 g/mol. The second kappa shape index (κ2) is 10.7. The Morgan fingerprint density at radius 1 is 1.00 bits per heavy atom. The van der Waals surface area contributed by atoms with Gasteiger partial charge in [0.15, 0.2) is 0 Å². The molecule has 0 aromatic heterocycles. The maximum absolute atomic E-state index is 11.2. The molecule has 3 rings (SSSR count). The van der Waals surface area contributed by atoms with Crippen molar-refractivity contribution in [3.63, 3.8) is 0 Å². The second-order valence-corrected chi connectivity index (χ2v) is 8.17. The van der Waals surface area contributed by atoms with Crippen LogP contribution in [-0.2, 0) is 30.7 Å². The van der Waals surface area contributed by atoms with E-state index in [0.29, 0.717) is 0 Å². The van der Waals surface area contributed by atoms with E-state index in [4.69, 9.17) is 11.5 Å². The van der Waals surface area contributed by atoms with Gasteiger partial charge < -0.3 is 31.3 Å². The molecule has 1 aliphatic carbocycles. The third kappa shape index (κ3) is 5.66. The van der Waals surface area contributed by atoms with Crippen molar-refractivity contribution in [1.82, 2.24) is 4.90 Å². The van der Waals surface area contributed by atoms with E-state index in [-0.39, 0.29) is 51.8 Å². The van der Waals surface area contributed by atoms with Crippen LogP contribution in [0.25, 0.3) is 0 Å². The van der Waals surface area contributed by atoms with Crippen molar-refractivity contribution < 1.29 is 40.9 Å². The summed E-state index contributed by atoms with van der Waals surface area (Å²) >= 11 is 0. The predicted molar refractivity (Wildman–Crippen MR) is 103 cm³/mol. The van der Waals surface area contributed by atoms with Crippen LogP contribution in [0, 0.1) is 5.41 Å². The van der Waals surface area contributed by atoms with Gasteiger partial charge in [0.25, 0.3) is 0 Å². The van der Waals surface area contributed by atoms with E-state index in [1.165, 1.54) is 12.8 Å². The van der Waals surface area contributed by atoms with Crippen molar-refractivity contribution in [2.24, 2.45) is 16.9 Å². The first-order chi connectivity index (χ1) is 13.1. The molecule has 1 aromatic carbocycles. The molecule has 4 N–H and O–H groups in total. The smallest absolute Gasteiger partial charge is 0.549 e. The summed E-state index contributed by atoms with van der Waals surface area (Å²) in [6, 6.07) is 8.27. The number of fused-ring (bicyclic) bond motifs is 1. The van der Waals surface area contributed by atoms with Crippen molar-refractivity contribution >= 4 is 11.9 Å². The number of benzene rings is 1. The maximum Gasteiger partial charge on any atom is 2.00 e. The summed E-state index contributed by atoms with van der Waals surface area (Å²) in [6.07, 6.45) is 4.80. The second-order valence-electron chi connectivity index (χ2n) is 8.17. The number of carboxylic acid groups (broad SMARTS) is 2. The zero-order valence-electron chi connectivity index (χ0n) is 17.2.